The zero-order chi connectivity index (χ0) is 29.5. The van der Waals surface area contributed by atoms with E-state index in [1.165, 1.54) is 53.3 Å². The Balaban J connectivity index is 1.45. The summed E-state index contributed by atoms with van der Waals surface area (Å²) in [4.78, 5) is 40.1. The highest BCUT2D eigenvalue weighted by Gasteiger charge is 2.38. The minimum atomic E-state index is -4.67. The Morgan fingerprint density at radius 2 is 1.61 bits per heavy atom. The van der Waals surface area contributed by atoms with Crippen molar-refractivity contribution in [2.75, 3.05) is 6.54 Å². The number of alkyl halides is 3. The summed E-state index contributed by atoms with van der Waals surface area (Å²) in [6.45, 7) is -0.407. The van der Waals surface area contributed by atoms with E-state index in [1.807, 2.05) is 0 Å². The number of aromatic nitrogens is 2. The molecule has 0 saturated heterocycles. The summed E-state index contributed by atoms with van der Waals surface area (Å²) in [6.07, 6.45) is -3.69. The van der Waals surface area contributed by atoms with E-state index in [2.05, 4.69) is 10.4 Å². The van der Waals surface area contributed by atoms with E-state index in [-0.39, 0.29) is 39.3 Å². The molecule has 7 nitrogen and oxygen atoms in total. The van der Waals surface area contributed by atoms with Gasteiger partial charge in [-0.25, -0.2) is 4.39 Å². The van der Waals surface area contributed by atoms with Crippen LogP contribution in [0.5, 0.6) is 0 Å². The Bertz CT molecular complexity index is 1630. The van der Waals surface area contributed by atoms with Gasteiger partial charge in [-0.3, -0.25) is 24.0 Å². The van der Waals surface area contributed by atoms with Crippen molar-refractivity contribution < 1.29 is 31.9 Å². The second kappa shape index (κ2) is 10.8. The second-order valence-corrected chi connectivity index (χ2v) is 9.86. The molecular weight excluding hydrogens is 564 g/mol. The van der Waals surface area contributed by atoms with Crippen molar-refractivity contribution in [2.24, 2.45) is 7.05 Å². The number of fused-ring (bicyclic) bond motifs is 1. The van der Waals surface area contributed by atoms with Crippen LogP contribution in [0, 0.1) is 5.82 Å². The number of carbonyl (C=O) groups excluding carboxylic acids is 3. The number of nitrogens with zero attached hydrogens (tertiary/aromatic N) is 3. The van der Waals surface area contributed by atoms with Crippen molar-refractivity contribution in [2.45, 2.75) is 18.6 Å². The van der Waals surface area contributed by atoms with E-state index in [9.17, 15) is 27.6 Å². The highest BCUT2D eigenvalue weighted by atomic mass is 35.5. The minimum Gasteiger partial charge on any atom is -0.347 e. The third-order valence-electron chi connectivity index (χ3n) is 6.79. The molecule has 12 heteroatoms. The Morgan fingerprint density at radius 1 is 0.976 bits per heavy atom. The molecule has 1 unspecified atom stereocenters. The summed E-state index contributed by atoms with van der Waals surface area (Å²) in [5, 5.41) is 6.77. The van der Waals surface area contributed by atoms with Gasteiger partial charge in [0.2, 0.25) is 0 Å². The number of hydrogen-bond acceptors (Lipinski definition) is 4. The standard InChI is InChI=1S/C29H21ClF4N4O3/c1-37-25(23(30)14-35-37)21-11-10-17(13-24(21)31)26(39)36-18(12-16-6-2-5-9-22(16)29(32,33)34)15-38-27(40)19-7-3-4-8-20(19)28(38)41/h2-11,13-14,18H,12,15H2,1H3,(H,36,39). The molecule has 210 valence electrons. The largest absolute Gasteiger partial charge is 0.416 e. The molecule has 3 amide bonds. The highest BCUT2D eigenvalue weighted by Crippen LogP contribution is 2.33. The van der Waals surface area contributed by atoms with E-state index in [0.717, 1.165) is 17.0 Å². The van der Waals surface area contributed by atoms with Crippen LogP contribution < -0.4 is 5.32 Å². The van der Waals surface area contributed by atoms with Crippen LogP contribution in [0.4, 0.5) is 17.6 Å². The van der Waals surface area contributed by atoms with Crippen molar-refractivity contribution >= 4 is 29.3 Å². The zero-order valence-corrected chi connectivity index (χ0v) is 22.1. The molecule has 0 aliphatic carbocycles. The van der Waals surface area contributed by atoms with Gasteiger partial charge in [0.15, 0.2) is 0 Å². The number of hydrogen-bond donors (Lipinski definition) is 1. The molecule has 5 rings (SSSR count). The van der Waals surface area contributed by atoms with Crippen LogP contribution in [0.3, 0.4) is 0 Å². The first kappa shape index (κ1) is 28.0. The van der Waals surface area contributed by atoms with Crippen LogP contribution in [0.25, 0.3) is 11.3 Å². The SMILES string of the molecule is Cn1ncc(Cl)c1-c1ccc(C(=O)NC(Cc2ccccc2C(F)(F)F)CN2C(=O)c3ccccc3C2=O)cc1F. The lowest BCUT2D eigenvalue weighted by Crippen LogP contribution is -2.47. The van der Waals surface area contributed by atoms with Crippen molar-refractivity contribution in [3.63, 3.8) is 0 Å². The maximum Gasteiger partial charge on any atom is 0.416 e. The topological polar surface area (TPSA) is 84.3 Å². The smallest absolute Gasteiger partial charge is 0.347 e. The van der Waals surface area contributed by atoms with Crippen molar-refractivity contribution in [1.82, 2.24) is 20.0 Å². The molecule has 1 N–H and O–H groups in total. The van der Waals surface area contributed by atoms with Gasteiger partial charge in [-0.1, -0.05) is 41.9 Å². The highest BCUT2D eigenvalue weighted by molar-refractivity contribution is 6.33. The Hall–Kier alpha value is -4.51. The lowest BCUT2D eigenvalue weighted by molar-refractivity contribution is -0.138. The van der Waals surface area contributed by atoms with Crippen LogP contribution in [0.15, 0.2) is 72.9 Å². The number of imide groups is 1. The summed E-state index contributed by atoms with van der Waals surface area (Å²) >= 11 is 6.11. The van der Waals surface area contributed by atoms with E-state index in [4.69, 9.17) is 11.6 Å². The molecule has 0 fully saturated rings. The van der Waals surface area contributed by atoms with E-state index in [1.54, 1.807) is 19.2 Å². The molecule has 1 atom stereocenters. The average Bonchev–Trinajstić information content (AvgIpc) is 3.39. The Labute approximate surface area is 236 Å². The Morgan fingerprint density at radius 3 is 2.20 bits per heavy atom. The molecule has 0 spiro atoms. The van der Waals surface area contributed by atoms with Crippen molar-refractivity contribution in [3.8, 4) is 11.3 Å². The third kappa shape index (κ3) is 5.45. The van der Waals surface area contributed by atoms with Crippen LogP contribution in [-0.4, -0.2) is 45.0 Å². The summed E-state index contributed by atoms with van der Waals surface area (Å²) in [6, 6.07) is 13.5. The summed E-state index contributed by atoms with van der Waals surface area (Å²) in [7, 11) is 1.57. The summed E-state index contributed by atoms with van der Waals surface area (Å²) < 4.78 is 57.6. The lowest BCUT2D eigenvalue weighted by atomic mass is 9.99. The molecule has 3 aromatic carbocycles. The molecule has 0 bridgehead atoms. The number of benzene rings is 3. The Kier molecular flexibility index (Phi) is 7.39. The molecular formula is C29H21ClF4N4O3. The lowest BCUT2D eigenvalue weighted by Gasteiger charge is -2.25. The summed E-state index contributed by atoms with van der Waals surface area (Å²) in [5.41, 5.74) is -0.480. The molecule has 0 saturated carbocycles. The van der Waals surface area contributed by atoms with Gasteiger partial charge in [0.05, 0.1) is 39.6 Å². The van der Waals surface area contributed by atoms with Gasteiger partial charge < -0.3 is 5.32 Å². The second-order valence-electron chi connectivity index (χ2n) is 9.46. The quantitative estimate of drug-likeness (QED) is 0.229. The van der Waals surface area contributed by atoms with Gasteiger partial charge >= 0.3 is 6.18 Å². The monoisotopic (exact) mass is 584 g/mol. The van der Waals surface area contributed by atoms with Crippen LogP contribution in [-0.2, 0) is 19.6 Å². The van der Waals surface area contributed by atoms with Gasteiger partial charge in [0.1, 0.15) is 5.82 Å². The van der Waals surface area contributed by atoms with Crippen LogP contribution >= 0.6 is 11.6 Å². The number of rotatable bonds is 7. The minimum absolute atomic E-state index is 0.0910. The molecule has 41 heavy (non-hydrogen) atoms. The van der Waals surface area contributed by atoms with Crippen LogP contribution in [0.1, 0.15) is 42.2 Å². The zero-order valence-electron chi connectivity index (χ0n) is 21.4. The van der Waals surface area contributed by atoms with E-state index >= 15 is 4.39 Å². The van der Waals surface area contributed by atoms with Crippen molar-refractivity contribution in [1.29, 1.82) is 0 Å². The first-order valence-electron chi connectivity index (χ1n) is 12.3. The fraction of sp³-hybridized carbons (Fsp3) is 0.172. The number of nitrogens with one attached hydrogen (secondary N) is 1. The van der Waals surface area contributed by atoms with Gasteiger partial charge in [-0.2, -0.15) is 18.3 Å². The fourth-order valence-electron chi connectivity index (χ4n) is 4.86. The number of halogens is 5. The molecule has 1 aliphatic rings. The predicted molar refractivity (Wildman–Crippen MR) is 142 cm³/mol. The van der Waals surface area contributed by atoms with Gasteiger partial charge in [-0.15, -0.1) is 0 Å². The fourth-order valence-corrected chi connectivity index (χ4v) is 5.13. The maximum absolute atomic E-state index is 15.1. The molecule has 1 aromatic heterocycles. The summed E-state index contributed by atoms with van der Waals surface area (Å²) in [5.74, 6) is -2.84. The number of amides is 3. The van der Waals surface area contributed by atoms with E-state index < -0.39 is 47.9 Å². The average molecular weight is 585 g/mol. The molecule has 0 radical (unpaired) electrons. The number of carbonyl (C=O) groups is 3. The predicted octanol–water partition coefficient (Wildman–Crippen LogP) is 5.54. The molecule has 2 heterocycles. The van der Waals surface area contributed by atoms with Crippen LogP contribution in [0.2, 0.25) is 5.02 Å². The molecule has 4 aromatic rings. The van der Waals surface area contributed by atoms with Gasteiger partial charge in [0.25, 0.3) is 17.7 Å². The molecule has 1 aliphatic heterocycles. The van der Waals surface area contributed by atoms with E-state index in [0.29, 0.717) is 5.69 Å². The van der Waals surface area contributed by atoms with Crippen molar-refractivity contribution in [3.05, 3.63) is 112 Å². The first-order valence-corrected chi connectivity index (χ1v) is 12.7. The third-order valence-corrected chi connectivity index (χ3v) is 7.06. The normalized spacial score (nSPS) is 13.9. The first-order chi connectivity index (χ1) is 19.5. The van der Waals surface area contributed by atoms with Gasteiger partial charge in [-0.05, 0) is 48.4 Å². The number of aryl methyl sites for hydroxylation is 1. The van der Waals surface area contributed by atoms with Gasteiger partial charge in [0, 0.05) is 24.7 Å². The maximum atomic E-state index is 15.1.